The number of methoxy groups -OCH3 is 1. The van der Waals surface area contributed by atoms with E-state index in [1.54, 1.807) is 7.11 Å². The van der Waals surface area contributed by atoms with Gasteiger partial charge in [0.25, 0.3) is 0 Å². The van der Waals surface area contributed by atoms with E-state index in [4.69, 9.17) is 4.74 Å². The lowest BCUT2D eigenvalue weighted by Gasteiger charge is -1.94. The van der Waals surface area contributed by atoms with Gasteiger partial charge in [0.15, 0.2) is 0 Å². The van der Waals surface area contributed by atoms with Crippen LogP contribution in [-0.4, -0.2) is 23.2 Å². The second kappa shape index (κ2) is 6.67. The maximum atomic E-state index is 11.7. The van der Waals surface area contributed by atoms with Gasteiger partial charge >= 0.3 is 0 Å². The monoisotopic (exact) mass is 172 g/mol. The molecule has 1 heterocycles. The predicted molar refractivity (Wildman–Crippen MR) is 44.1 cm³/mol. The number of hydrogen-bond donors (Lipinski definition) is 0. The molecule has 0 atom stereocenters. The molecule has 0 unspecified atom stereocenters. The van der Waals surface area contributed by atoms with Crippen LogP contribution in [0.3, 0.4) is 0 Å². The lowest BCUT2D eigenvalue weighted by Crippen LogP contribution is -1.94. The highest BCUT2D eigenvalue weighted by atomic mass is 19.1. The molecule has 0 fully saturated rings. The van der Waals surface area contributed by atoms with Gasteiger partial charge in [0, 0.05) is 19.5 Å². The molecule has 0 aliphatic carbocycles. The molecule has 0 spiro atoms. The first-order chi connectivity index (χ1) is 5.66. The molecule has 1 aromatic heterocycles. The van der Waals surface area contributed by atoms with Gasteiger partial charge in [-0.25, -0.2) is 4.98 Å². The third-order valence-corrected chi connectivity index (χ3v) is 1.00. The molecule has 4 heteroatoms. The van der Waals surface area contributed by atoms with Gasteiger partial charge < -0.3 is 4.74 Å². The van der Waals surface area contributed by atoms with Crippen molar-refractivity contribution >= 4 is 0 Å². The molecule has 0 aromatic carbocycles. The average molecular weight is 172 g/mol. The summed E-state index contributed by atoms with van der Waals surface area (Å²) in [7, 11) is 1.70. The van der Waals surface area contributed by atoms with Crippen LogP contribution in [0.15, 0.2) is 18.6 Å². The van der Waals surface area contributed by atoms with Crippen molar-refractivity contribution < 1.29 is 9.13 Å². The van der Waals surface area contributed by atoms with Crippen LogP contribution in [0.1, 0.15) is 13.8 Å². The van der Waals surface area contributed by atoms with E-state index in [0.29, 0.717) is 6.10 Å². The van der Waals surface area contributed by atoms with Crippen LogP contribution in [0.5, 0.6) is 0 Å². The van der Waals surface area contributed by atoms with Crippen molar-refractivity contribution in [1.29, 1.82) is 0 Å². The van der Waals surface area contributed by atoms with Gasteiger partial charge in [0.05, 0.1) is 12.3 Å². The SMILES string of the molecule is COC(C)C.Fc1cnccn1. The van der Waals surface area contributed by atoms with Crippen molar-refractivity contribution in [3.63, 3.8) is 0 Å². The third kappa shape index (κ3) is 7.08. The quantitative estimate of drug-likeness (QED) is 0.646. The summed E-state index contributed by atoms with van der Waals surface area (Å²) < 4.78 is 16.5. The normalized spacial score (nSPS) is 9.08. The van der Waals surface area contributed by atoms with Crippen LogP contribution < -0.4 is 0 Å². The fourth-order valence-corrected chi connectivity index (χ4v) is 0.281. The smallest absolute Gasteiger partial charge is 0.231 e. The standard InChI is InChI=1S/C4H3FN2.C4H10O/c5-4-3-6-1-2-7-4;1-4(2)5-3/h1-3H;4H,1-3H3. The summed E-state index contributed by atoms with van der Waals surface area (Å²) in [6.45, 7) is 4.00. The molecule has 1 rings (SSSR count). The average Bonchev–Trinajstić information content (AvgIpc) is 2.07. The van der Waals surface area contributed by atoms with Crippen molar-refractivity contribution in [1.82, 2.24) is 9.97 Å². The maximum absolute atomic E-state index is 11.7. The summed E-state index contributed by atoms with van der Waals surface area (Å²) >= 11 is 0. The highest BCUT2D eigenvalue weighted by Gasteiger charge is 1.80. The molecule has 0 saturated carbocycles. The molecule has 0 radical (unpaired) electrons. The van der Waals surface area contributed by atoms with Gasteiger partial charge in [-0.3, -0.25) is 4.98 Å². The molecule has 0 bridgehead atoms. The molecule has 1 aromatic rings. The number of ether oxygens (including phenoxy) is 1. The summed E-state index contributed by atoms with van der Waals surface area (Å²) in [5.74, 6) is -0.539. The van der Waals surface area contributed by atoms with Crippen LogP contribution in [0.25, 0.3) is 0 Å². The molecular weight excluding hydrogens is 159 g/mol. The Hall–Kier alpha value is -1.03. The molecule has 0 N–H and O–H groups in total. The van der Waals surface area contributed by atoms with E-state index in [1.807, 2.05) is 13.8 Å². The number of hydrogen-bond acceptors (Lipinski definition) is 3. The minimum Gasteiger partial charge on any atom is -0.382 e. The van der Waals surface area contributed by atoms with E-state index in [-0.39, 0.29) is 0 Å². The third-order valence-electron chi connectivity index (χ3n) is 1.00. The fourth-order valence-electron chi connectivity index (χ4n) is 0.281. The Morgan fingerprint density at radius 1 is 1.42 bits per heavy atom. The van der Waals surface area contributed by atoms with Crippen molar-refractivity contribution in [2.24, 2.45) is 0 Å². The van der Waals surface area contributed by atoms with E-state index in [0.717, 1.165) is 6.20 Å². The van der Waals surface area contributed by atoms with E-state index in [1.165, 1.54) is 12.4 Å². The van der Waals surface area contributed by atoms with Gasteiger partial charge in [-0.15, -0.1) is 0 Å². The van der Waals surface area contributed by atoms with Crippen molar-refractivity contribution in [3.05, 3.63) is 24.5 Å². The van der Waals surface area contributed by atoms with Crippen LogP contribution in [-0.2, 0) is 4.74 Å². The molecular formula is C8H13FN2O. The van der Waals surface area contributed by atoms with Crippen molar-refractivity contribution in [2.75, 3.05) is 7.11 Å². The highest BCUT2D eigenvalue weighted by molar-refractivity contribution is 4.75. The Kier molecular flexibility index (Phi) is 6.09. The first-order valence-corrected chi connectivity index (χ1v) is 3.61. The summed E-state index contributed by atoms with van der Waals surface area (Å²) in [4.78, 5) is 6.70. The summed E-state index contributed by atoms with van der Waals surface area (Å²) in [5, 5.41) is 0. The van der Waals surface area contributed by atoms with E-state index in [2.05, 4.69) is 9.97 Å². The number of nitrogens with zero attached hydrogens (tertiary/aromatic N) is 2. The summed E-state index contributed by atoms with van der Waals surface area (Å²) in [6, 6.07) is 0. The zero-order chi connectivity index (χ0) is 9.40. The number of aromatic nitrogens is 2. The lowest BCUT2D eigenvalue weighted by molar-refractivity contribution is 0.134. The minimum absolute atomic E-state index is 0.384. The van der Waals surface area contributed by atoms with E-state index in [9.17, 15) is 4.39 Å². The van der Waals surface area contributed by atoms with Gasteiger partial charge in [-0.2, -0.15) is 4.39 Å². The highest BCUT2D eigenvalue weighted by Crippen LogP contribution is 1.81. The summed E-state index contributed by atoms with van der Waals surface area (Å²) in [6.07, 6.45) is 4.16. The van der Waals surface area contributed by atoms with Gasteiger partial charge in [-0.05, 0) is 13.8 Å². The Bertz CT molecular complexity index is 192. The van der Waals surface area contributed by atoms with Crippen LogP contribution in [0.2, 0.25) is 0 Å². The Morgan fingerprint density at radius 2 is 2.00 bits per heavy atom. The Morgan fingerprint density at radius 3 is 2.17 bits per heavy atom. The first-order valence-electron chi connectivity index (χ1n) is 3.61. The molecule has 0 aliphatic heterocycles. The van der Waals surface area contributed by atoms with Gasteiger partial charge in [-0.1, -0.05) is 0 Å². The molecule has 3 nitrogen and oxygen atoms in total. The van der Waals surface area contributed by atoms with Crippen molar-refractivity contribution in [2.45, 2.75) is 20.0 Å². The topological polar surface area (TPSA) is 35.0 Å². The first kappa shape index (κ1) is 11.0. The Balaban J connectivity index is 0.000000217. The zero-order valence-corrected chi connectivity index (χ0v) is 7.49. The number of halogens is 1. The maximum Gasteiger partial charge on any atom is 0.231 e. The largest absolute Gasteiger partial charge is 0.382 e. The second-order valence-corrected chi connectivity index (χ2v) is 2.31. The zero-order valence-electron chi connectivity index (χ0n) is 7.49. The fraction of sp³-hybridized carbons (Fsp3) is 0.500. The van der Waals surface area contributed by atoms with Gasteiger partial charge in [0.1, 0.15) is 0 Å². The predicted octanol–water partition coefficient (Wildman–Crippen LogP) is 1.66. The van der Waals surface area contributed by atoms with Crippen LogP contribution in [0, 0.1) is 5.95 Å². The molecule has 68 valence electrons. The molecule has 0 aliphatic rings. The minimum atomic E-state index is -0.539. The molecule has 12 heavy (non-hydrogen) atoms. The second-order valence-electron chi connectivity index (χ2n) is 2.31. The van der Waals surface area contributed by atoms with E-state index < -0.39 is 5.95 Å². The van der Waals surface area contributed by atoms with E-state index >= 15 is 0 Å². The van der Waals surface area contributed by atoms with Crippen LogP contribution in [0.4, 0.5) is 4.39 Å². The lowest BCUT2D eigenvalue weighted by atomic mass is 10.5. The van der Waals surface area contributed by atoms with Crippen molar-refractivity contribution in [3.8, 4) is 0 Å². The molecule has 0 amide bonds. The summed E-state index contributed by atoms with van der Waals surface area (Å²) in [5.41, 5.74) is 0. The van der Waals surface area contributed by atoms with Crippen LogP contribution >= 0.6 is 0 Å². The molecule has 0 saturated heterocycles. The number of rotatable bonds is 1. The Labute approximate surface area is 71.6 Å². The van der Waals surface area contributed by atoms with Gasteiger partial charge in [0.2, 0.25) is 5.95 Å².